The normalized spacial score (nSPS) is 11.5. The van der Waals surface area contributed by atoms with Crippen LogP contribution in [-0.4, -0.2) is 11.8 Å². The lowest BCUT2D eigenvalue weighted by molar-refractivity contribution is -0.118. The van der Waals surface area contributed by atoms with Crippen molar-refractivity contribution in [2.75, 3.05) is 5.32 Å². The second-order valence-corrected chi connectivity index (χ2v) is 5.53. The van der Waals surface area contributed by atoms with Crippen LogP contribution in [0.2, 0.25) is 0 Å². The van der Waals surface area contributed by atoms with Crippen LogP contribution in [-0.2, 0) is 4.79 Å². The topological polar surface area (TPSA) is 96.0 Å². The summed E-state index contributed by atoms with van der Waals surface area (Å²) in [6.07, 6.45) is 0. The van der Waals surface area contributed by atoms with Crippen molar-refractivity contribution in [1.82, 2.24) is 0 Å². The molecule has 1 unspecified atom stereocenters. The van der Waals surface area contributed by atoms with E-state index in [1.807, 2.05) is 30.3 Å². The number of fused-ring (bicyclic) bond motifs is 1. The molecule has 0 heterocycles. The third-order valence-electron chi connectivity index (χ3n) is 3.97. The van der Waals surface area contributed by atoms with E-state index in [2.05, 4.69) is 5.32 Å². The standard InChI is InChI=1S/C20H15N3O2/c21-12-17(19(22)24)15-10-11-18(16-9-5-4-8-14(15)16)23-20(25)13-6-2-1-3-7-13/h1-11,17H,(H2,22,24)(H,23,25). The van der Waals surface area contributed by atoms with E-state index in [-0.39, 0.29) is 5.91 Å². The molecule has 0 aliphatic rings. The fraction of sp³-hybridized carbons (Fsp3) is 0.0500. The number of nitrogens with two attached hydrogens (primary N) is 1. The summed E-state index contributed by atoms with van der Waals surface area (Å²) in [6.45, 7) is 0. The number of nitrogens with one attached hydrogen (secondary N) is 1. The van der Waals surface area contributed by atoms with Crippen molar-refractivity contribution in [2.45, 2.75) is 5.92 Å². The Kier molecular flexibility index (Phi) is 4.44. The number of rotatable bonds is 4. The highest BCUT2D eigenvalue weighted by Gasteiger charge is 2.20. The third kappa shape index (κ3) is 3.19. The van der Waals surface area contributed by atoms with E-state index in [1.165, 1.54) is 0 Å². The summed E-state index contributed by atoms with van der Waals surface area (Å²) in [5.74, 6) is -1.97. The number of nitriles is 1. The minimum absolute atomic E-state index is 0.231. The van der Waals surface area contributed by atoms with Gasteiger partial charge in [0.2, 0.25) is 5.91 Å². The molecule has 25 heavy (non-hydrogen) atoms. The predicted molar refractivity (Wildman–Crippen MR) is 95.9 cm³/mol. The molecule has 5 heteroatoms. The molecular formula is C20H15N3O2. The van der Waals surface area contributed by atoms with Crippen molar-refractivity contribution in [3.63, 3.8) is 0 Å². The molecule has 0 radical (unpaired) electrons. The minimum atomic E-state index is -1.04. The number of carbonyl (C=O) groups is 2. The number of nitrogens with zero attached hydrogens (tertiary/aromatic N) is 1. The molecule has 3 rings (SSSR count). The van der Waals surface area contributed by atoms with E-state index in [1.54, 1.807) is 42.5 Å². The smallest absolute Gasteiger partial charge is 0.255 e. The number of hydrogen-bond donors (Lipinski definition) is 2. The maximum atomic E-state index is 12.4. The SMILES string of the molecule is N#CC(C(N)=O)c1ccc(NC(=O)c2ccccc2)c2ccccc12. The largest absolute Gasteiger partial charge is 0.368 e. The first kappa shape index (κ1) is 16.2. The molecule has 1 atom stereocenters. The molecule has 0 fully saturated rings. The van der Waals surface area contributed by atoms with Crippen molar-refractivity contribution in [1.29, 1.82) is 5.26 Å². The Balaban J connectivity index is 2.06. The highest BCUT2D eigenvalue weighted by molar-refractivity contribution is 6.10. The lowest BCUT2D eigenvalue weighted by Gasteiger charge is -2.14. The van der Waals surface area contributed by atoms with Crippen LogP contribution < -0.4 is 11.1 Å². The summed E-state index contributed by atoms with van der Waals surface area (Å²) in [5, 5.41) is 13.6. The zero-order chi connectivity index (χ0) is 17.8. The van der Waals surface area contributed by atoms with E-state index in [9.17, 15) is 14.9 Å². The number of primary amides is 1. The Morgan fingerprint density at radius 2 is 1.56 bits per heavy atom. The second-order valence-electron chi connectivity index (χ2n) is 5.53. The number of carbonyl (C=O) groups excluding carboxylic acids is 2. The molecule has 0 aromatic heterocycles. The fourth-order valence-corrected chi connectivity index (χ4v) is 2.75. The van der Waals surface area contributed by atoms with Crippen molar-refractivity contribution < 1.29 is 9.59 Å². The first-order chi connectivity index (χ1) is 12.1. The van der Waals surface area contributed by atoms with E-state index < -0.39 is 11.8 Å². The molecule has 0 aliphatic carbocycles. The molecule has 3 aromatic rings. The molecule has 2 amide bonds. The minimum Gasteiger partial charge on any atom is -0.368 e. The molecule has 0 aliphatic heterocycles. The summed E-state index contributed by atoms with van der Waals surface area (Å²) in [5.41, 5.74) is 7.01. The Hall–Kier alpha value is -3.65. The van der Waals surface area contributed by atoms with Gasteiger partial charge in [0.25, 0.3) is 5.91 Å². The molecule has 0 saturated heterocycles. The van der Waals surface area contributed by atoms with Crippen LogP contribution >= 0.6 is 0 Å². The van der Waals surface area contributed by atoms with Gasteiger partial charge >= 0.3 is 0 Å². The highest BCUT2D eigenvalue weighted by Crippen LogP contribution is 2.31. The van der Waals surface area contributed by atoms with Gasteiger partial charge in [-0.1, -0.05) is 48.5 Å². The number of anilines is 1. The Labute approximate surface area is 144 Å². The van der Waals surface area contributed by atoms with Crippen molar-refractivity contribution >= 4 is 28.3 Å². The van der Waals surface area contributed by atoms with Gasteiger partial charge in [-0.3, -0.25) is 9.59 Å². The average Bonchev–Trinajstić information content (AvgIpc) is 2.64. The van der Waals surface area contributed by atoms with E-state index >= 15 is 0 Å². The molecular weight excluding hydrogens is 314 g/mol. The number of hydrogen-bond acceptors (Lipinski definition) is 3. The molecule has 0 spiro atoms. The van der Waals surface area contributed by atoms with Crippen LogP contribution in [0.1, 0.15) is 21.8 Å². The summed E-state index contributed by atoms with van der Waals surface area (Å²) in [7, 11) is 0. The van der Waals surface area contributed by atoms with Crippen LogP contribution in [0.3, 0.4) is 0 Å². The second kappa shape index (κ2) is 6.85. The van der Waals surface area contributed by atoms with Gasteiger partial charge in [0, 0.05) is 16.6 Å². The summed E-state index contributed by atoms with van der Waals surface area (Å²) in [6, 6.07) is 21.4. The zero-order valence-electron chi connectivity index (χ0n) is 13.3. The van der Waals surface area contributed by atoms with Crippen LogP contribution in [0.5, 0.6) is 0 Å². The molecule has 122 valence electrons. The Morgan fingerprint density at radius 3 is 2.20 bits per heavy atom. The summed E-state index contributed by atoms with van der Waals surface area (Å²) in [4.78, 5) is 24.0. The lowest BCUT2D eigenvalue weighted by Crippen LogP contribution is -2.20. The van der Waals surface area contributed by atoms with Gasteiger partial charge in [0.05, 0.1) is 6.07 Å². The van der Waals surface area contributed by atoms with E-state index in [4.69, 9.17) is 5.73 Å². The Morgan fingerprint density at radius 1 is 0.920 bits per heavy atom. The fourth-order valence-electron chi connectivity index (χ4n) is 2.75. The molecule has 0 bridgehead atoms. The van der Waals surface area contributed by atoms with Crippen LogP contribution in [0.4, 0.5) is 5.69 Å². The van der Waals surface area contributed by atoms with Gasteiger partial charge in [-0.15, -0.1) is 0 Å². The van der Waals surface area contributed by atoms with Crippen LogP contribution in [0, 0.1) is 11.3 Å². The third-order valence-corrected chi connectivity index (χ3v) is 3.97. The van der Waals surface area contributed by atoms with Crippen molar-refractivity contribution in [3.05, 3.63) is 77.9 Å². The molecule has 3 aromatic carbocycles. The van der Waals surface area contributed by atoms with Crippen molar-refractivity contribution in [2.24, 2.45) is 5.73 Å². The van der Waals surface area contributed by atoms with Crippen LogP contribution in [0.15, 0.2) is 66.7 Å². The van der Waals surface area contributed by atoms with Crippen molar-refractivity contribution in [3.8, 4) is 6.07 Å². The van der Waals surface area contributed by atoms with Gasteiger partial charge in [-0.2, -0.15) is 5.26 Å². The predicted octanol–water partition coefficient (Wildman–Crippen LogP) is 3.18. The molecule has 0 saturated carbocycles. The maximum absolute atomic E-state index is 12.4. The maximum Gasteiger partial charge on any atom is 0.255 e. The number of benzene rings is 3. The first-order valence-electron chi connectivity index (χ1n) is 7.69. The van der Waals surface area contributed by atoms with E-state index in [0.717, 1.165) is 5.39 Å². The van der Waals surface area contributed by atoms with Gasteiger partial charge in [-0.05, 0) is 29.1 Å². The average molecular weight is 329 g/mol. The van der Waals surface area contributed by atoms with E-state index in [0.29, 0.717) is 22.2 Å². The lowest BCUT2D eigenvalue weighted by atomic mass is 9.93. The van der Waals surface area contributed by atoms with Gasteiger partial charge in [0.15, 0.2) is 5.92 Å². The quantitative estimate of drug-likeness (QED) is 0.769. The van der Waals surface area contributed by atoms with Gasteiger partial charge in [0.1, 0.15) is 0 Å². The highest BCUT2D eigenvalue weighted by atomic mass is 16.2. The first-order valence-corrected chi connectivity index (χ1v) is 7.69. The van der Waals surface area contributed by atoms with Gasteiger partial charge in [-0.25, -0.2) is 0 Å². The summed E-state index contributed by atoms with van der Waals surface area (Å²) >= 11 is 0. The molecule has 3 N–H and O–H groups in total. The van der Waals surface area contributed by atoms with Crippen LogP contribution in [0.25, 0.3) is 10.8 Å². The zero-order valence-corrected chi connectivity index (χ0v) is 13.3. The monoisotopic (exact) mass is 329 g/mol. The number of amides is 2. The van der Waals surface area contributed by atoms with Gasteiger partial charge < -0.3 is 11.1 Å². The summed E-state index contributed by atoms with van der Waals surface area (Å²) < 4.78 is 0. The molecule has 5 nitrogen and oxygen atoms in total. The Bertz CT molecular complexity index is 991.